The molecular formula is C17H10Cl3FN4O. The molecule has 3 rings (SSSR count). The Morgan fingerprint density at radius 1 is 1.15 bits per heavy atom. The highest BCUT2D eigenvalue weighted by atomic mass is 35.5. The van der Waals surface area contributed by atoms with Crippen LogP contribution in [0.1, 0.15) is 16.1 Å². The zero-order valence-electron chi connectivity index (χ0n) is 12.9. The van der Waals surface area contributed by atoms with Gasteiger partial charge in [-0.2, -0.15) is 10.2 Å². The third-order valence-electron chi connectivity index (χ3n) is 3.39. The summed E-state index contributed by atoms with van der Waals surface area (Å²) in [5.74, 6) is -1.10. The van der Waals surface area contributed by atoms with E-state index < -0.39 is 11.7 Å². The van der Waals surface area contributed by atoms with Gasteiger partial charge in [0.1, 0.15) is 11.5 Å². The van der Waals surface area contributed by atoms with Crippen LogP contribution in [-0.4, -0.2) is 22.3 Å². The molecule has 0 spiro atoms. The van der Waals surface area contributed by atoms with Crippen LogP contribution >= 0.6 is 34.8 Å². The fourth-order valence-electron chi connectivity index (χ4n) is 2.12. The van der Waals surface area contributed by atoms with Gasteiger partial charge >= 0.3 is 0 Å². The van der Waals surface area contributed by atoms with Gasteiger partial charge in [0, 0.05) is 16.1 Å². The first-order chi connectivity index (χ1) is 12.5. The van der Waals surface area contributed by atoms with Gasteiger partial charge < -0.3 is 0 Å². The maximum Gasteiger partial charge on any atom is 0.289 e. The molecule has 3 aromatic rings. The van der Waals surface area contributed by atoms with Crippen LogP contribution in [0, 0.1) is 5.82 Å². The highest BCUT2D eigenvalue weighted by molar-refractivity contribution is 6.36. The number of H-pyrrole nitrogens is 1. The second-order valence-corrected chi connectivity index (χ2v) is 6.38. The molecule has 2 N–H and O–H groups in total. The first-order valence-corrected chi connectivity index (χ1v) is 8.37. The number of benzene rings is 2. The van der Waals surface area contributed by atoms with Crippen LogP contribution in [0.5, 0.6) is 0 Å². The Morgan fingerprint density at radius 2 is 1.96 bits per heavy atom. The SMILES string of the molecule is O=C(N/N=C/c1c(F)cccc1Cl)c1cc(-c2ccc(Cl)cc2Cl)n[nH]1. The number of aromatic amines is 1. The molecule has 0 aliphatic carbocycles. The van der Waals surface area contributed by atoms with Gasteiger partial charge in [-0.25, -0.2) is 9.82 Å². The van der Waals surface area contributed by atoms with E-state index in [1.165, 1.54) is 24.3 Å². The van der Waals surface area contributed by atoms with Crippen molar-refractivity contribution in [2.24, 2.45) is 5.10 Å². The van der Waals surface area contributed by atoms with Crippen molar-refractivity contribution >= 4 is 46.9 Å². The lowest BCUT2D eigenvalue weighted by atomic mass is 10.1. The van der Waals surface area contributed by atoms with Crippen molar-refractivity contribution in [2.75, 3.05) is 0 Å². The topological polar surface area (TPSA) is 70.1 Å². The third-order valence-corrected chi connectivity index (χ3v) is 4.27. The van der Waals surface area contributed by atoms with Crippen molar-refractivity contribution in [2.45, 2.75) is 0 Å². The average molecular weight is 412 g/mol. The van der Waals surface area contributed by atoms with Gasteiger partial charge in [0.2, 0.25) is 0 Å². The number of rotatable bonds is 4. The molecule has 0 saturated heterocycles. The van der Waals surface area contributed by atoms with Crippen molar-refractivity contribution in [1.29, 1.82) is 0 Å². The zero-order chi connectivity index (χ0) is 18.7. The van der Waals surface area contributed by atoms with Crippen molar-refractivity contribution in [3.63, 3.8) is 0 Å². The molecular weight excluding hydrogens is 402 g/mol. The Morgan fingerprint density at radius 3 is 2.69 bits per heavy atom. The van der Waals surface area contributed by atoms with Crippen LogP contribution in [-0.2, 0) is 0 Å². The lowest BCUT2D eigenvalue weighted by Crippen LogP contribution is -2.18. The summed E-state index contributed by atoms with van der Waals surface area (Å²) in [6.45, 7) is 0. The Kier molecular flexibility index (Phi) is 5.56. The minimum absolute atomic E-state index is 0.0766. The Labute approximate surface area is 162 Å². The molecule has 1 heterocycles. The maximum atomic E-state index is 13.6. The lowest BCUT2D eigenvalue weighted by molar-refractivity contribution is 0.0950. The van der Waals surface area contributed by atoms with Gasteiger partial charge in [-0.3, -0.25) is 9.89 Å². The molecule has 0 fully saturated rings. The first kappa shape index (κ1) is 18.4. The van der Waals surface area contributed by atoms with Crippen molar-refractivity contribution in [1.82, 2.24) is 15.6 Å². The number of carbonyl (C=O) groups is 1. The smallest absolute Gasteiger partial charge is 0.272 e. The number of carbonyl (C=O) groups excluding carboxylic acids is 1. The van der Waals surface area contributed by atoms with E-state index in [9.17, 15) is 9.18 Å². The molecule has 1 amide bonds. The Bertz CT molecular complexity index is 983. The molecule has 9 heteroatoms. The lowest BCUT2D eigenvalue weighted by Gasteiger charge is -2.00. The molecule has 1 aromatic heterocycles. The third kappa shape index (κ3) is 4.04. The van der Waals surface area contributed by atoms with E-state index in [4.69, 9.17) is 34.8 Å². The summed E-state index contributed by atoms with van der Waals surface area (Å²) in [7, 11) is 0. The van der Waals surface area contributed by atoms with Crippen LogP contribution in [0.2, 0.25) is 15.1 Å². The highest BCUT2D eigenvalue weighted by Crippen LogP contribution is 2.29. The van der Waals surface area contributed by atoms with E-state index in [0.29, 0.717) is 21.3 Å². The summed E-state index contributed by atoms with van der Waals surface area (Å²) < 4.78 is 13.6. The standard InChI is InChI=1S/C17H10Cl3FN4O/c18-9-4-5-10(13(20)6-9)15-7-16(24-23-15)17(26)25-22-8-11-12(19)2-1-3-14(11)21/h1-8H,(H,23,24)(H,25,26)/b22-8+. The van der Waals surface area contributed by atoms with Crippen molar-refractivity contribution in [3.8, 4) is 11.3 Å². The Balaban J connectivity index is 1.73. The number of hydrogen-bond donors (Lipinski definition) is 2. The quantitative estimate of drug-likeness (QED) is 0.471. The van der Waals surface area contributed by atoms with Crippen molar-refractivity contribution < 1.29 is 9.18 Å². The average Bonchev–Trinajstić information content (AvgIpc) is 3.07. The van der Waals surface area contributed by atoms with Gasteiger partial charge in [0.05, 0.1) is 22.0 Å². The molecule has 132 valence electrons. The monoisotopic (exact) mass is 410 g/mol. The fraction of sp³-hybridized carbons (Fsp3) is 0. The number of hydrazone groups is 1. The van der Waals surface area contributed by atoms with E-state index in [2.05, 4.69) is 20.7 Å². The molecule has 0 saturated carbocycles. The van der Waals surface area contributed by atoms with E-state index in [0.717, 1.165) is 6.21 Å². The Hall–Kier alpha value is -2.41. The van der Waals surface area contributed by atoms with E-state index in [-0.39, 0.29) is 16.3 Å². The fourth-order valence-corrected chi connectivity index (χ4v) is 2.84. The van der Waals surface area contributed by atoms with Gasteiger partial charge in [-0.05, 0) is 36.4 Å². The van der Waals surface area contributed by atoms with Crippen LogP contribution in [0.3, 0.4) is 0 Å². The van der Waals surface area contributed by atoms with Crippen LogP contribution in [0.25, 0.3) is 11.3 Å². The molecule has 5 nitrogen and oxygen atoms in total. The predicted molar refractivity (Wildman–Crippen MR) is 101 cm³/mol. The minimum Gasteiger partial charge on any atom is -0.272 e. The summed E-state index contributed by atoms with van der Waals surface area (Å²) >= 11 is 17.9. The van der Waals surface area contributed by atoms with Crippen LogP contribution < -0.4 is 5.43 Å². The molecule has 0 bridgehead atoms. The number of hydrogen-bond acceptors (Lipinski definition) is 3. The van der Waals surface area contributed by atoms with Gasteiger partial charge in [-0.15, -0.1) is 0 Å². The number of halogens is 4. The van der Waals surface area contributed by atoms with Gasteiger partial charge in [-0.1, -0.05) is 40.9 Å². The molecule has 0 radical (unpaired) electrons. The summed E-state index contributed by atoms with van der Waals surface area (Å²) in [5.41, 5.74) is 3.59. The summed E-state index contributed by atoms with van der Waals surface area (Å²) in [4.78, 5) is 12.1. The van der Waals surface area contributed by atoms with Gasteiger partial charge in [0.25, 0.3) is 5.91 Å². The minimum atomic E-state index is -0.558. The molecule has 0 atom stereocenters. The van der Waals surface area contributed by atoms with Crippen molar-refractivity contribution in [3.05, 3.63) is 74.6 Å². The summed E-state index contributed by atoms with van der Waals surface area (Å²) in [6, 6.07) is 10.7. The highest BCUT2D eigenvalue weighted by Gasteiger charge is 2.13. The molecule has 0 aliphatic rings. The number of nitrogens with one attached hydrogen (secondary N) is 2. The van der Waals surface area contributed by atoms with E-state index >= 15 is 0 Å². The first-order valence-electron chi connectivity index (χ1n) is 7.24. The molecule has 26 heavy (non-hydrogen) atoms. The second kappa shape index (κ2) is 7.86. The predicted octanol–water partition coefficient (Wildman–Crippen LogP) is 4.94. The van der Waals surface area contributed by atoms with Crippen LogP contribution in [0.15, 0.2) is 47.6 Å². The largest absolute Gasteiger partial charge is 0.289 e. The number of amides is 1. The summed E-state index contributed by atoms with van der Waals surface area (Å²) in [6.07, 6.45) is 1.13. The zero-order valence-corrected chi connectivity index (χ0v) is 15.2. The normalized spacial score (nSPS) is 11.1. The molecule has 2 aromatic carbocycles. The number of aromatic nitrogens is 2. The van der Waals surface area contributed by atoms with E-state index in [1.54, 1.807) is 18.2 Å². The maximum absolute atomic E-state index is 13.6. The van der Waals surface area contributed by atoms with E-state index in [1.807, 2.05) is 0 Å². The van der Waals surface area contributed by atoms with Crippen LogP contribution in [0.4, 0.5) is 4.39 Å². The number of nitrogens with zero attached hydrogens (tertiary/aromatic N) is 2. The van der Waals surface area contributed by atoms with Gasteiger partial charge in [0.15, 0.2) is 0 Å². The molecule has 0 aliphatic heterocycles. The molecule has 0 unspecified atom stereocenters. The summed E-state index contributed by atoms with van der Waals surface area (Å²) in [5, 5.41) is 11.4. The second-order valence-electron chi connectivity index (χ2n) is 5.13.